The van der Waals surface area contributed by atoms with E-state index in [9.17, 15) is 9.59 Å². The van der Waals surface area contributed by atoms with Gasteiger partial charge in [-0.25, -0.2) is 0 Å². The van der Waals surface area contributed by atoms with E-state index in [1.54, 1.807) is 0 Å². The Balaban J connectivity index is 1.67. The first-order chi connectivity index (χ1) is 10.1. The van der Waals surface area contributed by atoms with Crippen LogP contribution >= 0.6 is 0 Å². The molecule has 21 heavy (non-hydrogen) atoms. The molecule has 0 aromatic heterocycles. The van der Waals surface area contributed by atoms with Crippen LogP contribution in [0.5, 0.6) is 0 Å². The summed E-state index contributed by atoms with van der Waals surface area (Å²) in [6.45, 7) is 3.84. The SMILES string of the molecule is Cc1ccc(CCC(=O)NCC(=O)N2CCCCC2)cc1. The molecule has 114 valence electrons. The van der Waals surface area contributed by atoms with Crippen molar-refractivity contribution in [3.63, 3.8) is 0 Å². The Morgan fingerprint density at radius 2 is 1.76 bits per heavy atom. The van der Waals surface area contributed by atoms with Crippen molar-refractivity contribution < 1.29 is 9.59 Å². The van der Waals surface area contributed by atoms with Crippen molar-refractivity contribution in [3.8, 4) is 0 Å². The fourth-order valence-corrected chi connectivity index (χ4v) is 2.53. The minimum Gasteiger partial charge on any atom is -0.347 e. The zero-order valence-electron chi connectivity index (χ0n) is 12.7. The number of aryl methyl sites for hydroxylation is 2. The fraction of sp³-hybridized carbons (Fsp3) is 0.529. The Kier molecular flexibility index (Phi) is 5.78. The number of likely N-dealkylation sites (tertiary alicyclic amines) is 1. The highest BCUT2D eigenvalue weighted by Gasteiger charge is 2.16. The predicted octanol–water partition coefficient (Wildman–Crippen LogP) is 2.06. The molecule has 1 fully saturated rings. The van der Waals surface area contributed by atoms with E-state index in [1.807, 2.05) is 36.1 Å². The molecule has 0 unspecified atom stereocenters. The number of hydrogen-bond acceptors (Lipinski definition) is 2. The average Bonchev–Trinajstić information content (AvgIpc) is 2.53. The van der Waals surface area contributed by atoms with Crippen molar-refractivity contribution in [2.45, 2.75) is 39.0 Å². The number of carbonyl (C=O) groups is 2. The zero-order valence-corrected chi connectivity index (χ0v) is 12.7. The van der Waals surface area contributed by atoms with Gasteiger partial charge in [-0.3, -0.25) is 9.59 Å². The number of benzene rings is 1. The van der Waals surface area contributed by atoms with Crippen LogP contribution in [0.2, 0.25) is 0 Å². The summed E-state index contributed by atoms with van der Waals surface area (Å²) < 4.78 is 0. The van der Waals surface area contributed by atoms with Crippen LogP contribution in [0.4, 0.5) is 0 Å². The molecule has 1 aromatic carbocycles. The van der Waals surface area contributed by atoms with Crippen LogP contribution in [0.1, 0.15) is 36.8 Å². The van der Waals surface area contributed by atoms with Crippen LogP contribution in [-0.4, -0.2) is 36.3 Å². The molecule has 1 aromatic rings. The van der Waals surface area contributed by atoms with Crippen molar-refractivity contribution in [1.29, 1.82) is 0 Å². The Morgan fingerprint density at radius 3 is 2.43 bits per heavy atom. The number of amides is 2. The van der Waals surface area contributed by atoms with Crippen LogP contribution in [0, 0.1) is 6.92 Å². The molecule has 1 N–H and O–H groups in total. The second kappa shape index (κ2) is 7.81. The molecule has 2 amide bonds. The Bertz CT molecular complexity index is 476. The summed E-state index contributed by atoms with van der Waals surface area (Å²) in [5.41, 5.74) is 2.37. The van der Waals surface area contributed by atoms with E-state index >= 15 is 0 Å². The van der Waals surface area contributed by atoms with Gasteiger partial charge in [-0.2, -0.15) is 0 Å². The summed E-state index contributed by atoms with van der Waals surface area (Å²) in [6, 6.07) is 8.18. The first kappa shape index (κ1) is 15.5. The van der Waals surface area contributed by atoms with Crippen molar-refractivity contribution >= 4 is 11.8 Å². The molecule has 0 bridgehead atoms. The quantitative estimate of drug-likeness (QED) is 0.901. The Labute approximate surface area is 126 Å². The minimum absolute atomic E-state index is 0.0402. The molecular weight excluding hydrogens is 264 g/mol. The van der Waals surface area contributed by atoms with Crippen LogP contribution < -0.4 is 5.32 Å². The van der Waals surface area contributed by atoms with Gasteiger partial charge in [0.1, 0.15) is 0 Å². The maximum atomic E-state index is 11.9. The topological polar surface area (TPSA) is 49.4 Å². The van der Waals surface area contributed by atoms with Gasteiger partial charge in [0.25, 0.3) is 0 Å². The highest BCUT2D eigenvalue weighted by molar-refractivity contribution is 5.84. The lowest BCUT2D eigenvalue weighted by Crippen LogP contribution is -2.42. The third kappa shape index (κ3) is 5.21. The standard InChI is InChI=1S/C17H24N2O2/c1-14-5-7-15(8-6-14)9-10-16(20)18-13-17(21)19-11-3-2-4-12-19/h5-8H,2-4,9-13H2,1H3,(H,18,20). The normalized spacial score (nSPS) is 14.8. The number of piperidine rings is 1. The lowest BCUT2D eigenvalue weighted by Gasteiger charge is -2.26. The van der Waals surface area contributed by atoms with E-state index in [1.165, 1.54) is 12.0 Å². The van der Waals surface area contributed by atoms with E-state index in [0.717, 1.165) is 31.5 Å². The van der Waals surface area contributed by atoms with Crippen molar-refractivity contribution in [2.75, 3.05) is 19.6 Å². The first-order valence-corrected chi connectivity index (χ1v) is 7.75. The van der Waals surface area contributed by atoms with Gasteiger partial charge in [-0.15, -0.1) is 0 Å². The Hall–Kier alpha value is -1.84. The van der Waals surface area contributed by atoms with Gasteiger partial charge < -0.3 is 10.2 Å². The summed E-state index contributed by atoms with van der Waals surface area (Å²) >= 11 is 0. The highest BCUT2D eigenvalue weighted by Crippen LogP contribution is 2.08. The molecule has 0 spiro atoms. The maximum absolute atomic E-state index is 11.9. The predicted molar refractivity (Wildman–Crippen MR) is 82.9 cm³/mol. The zero-order chi connectivity index (χ0) is 15.1. The summed E-state index contributed by atoms with van der Waals surface area (Å²) in [5, 5.41) is 2.73. The van der Waals surface area contributed by atoms with Gasteiger partial charge in [0.05, 0.1) is 6.54 Å². The lowest BCUT2D eigenvalue weighted by molar-refractivity contribution is -0.133. The first-order valence-electron chi connectivity index (χ1n) is 7.75. The van der Waals surface area contributed by atoms with E-state index in [4.69, 9.17) is 0 Å². The molecule has 4 nitrogen and oxygen atoms in total. The van der Waals surface area contributed by atoms with Gasteiger partial charge >= 0.3 is 0 Å². The molecule has 1 aliphatic rings. The van der Waals surface area contributed by atoms with Crippen LogP contribution in [-0.2, 0) is 16.0 Å². The molecule has 0 radical (unpaired) electrons. The van der Waals surface area contributed by atoms with Gasteiger partial charge in [0.2, 0.25) is 11.8 Å². The number of carbonyl (C=O) groups excluding carboxylic acids is 2. The highest BCUT2D eigenvalue weighted by atomic mass is 16.2. The third-order valence-corrected chi connectivity index (χ3v) is 3.91. The average molecular weight is 288 g/mol. The molecule has 1 heterocycles. The van der Waals surface area contributed by atoms with Crippen LogP contribution in [0.25, 0.3) is 0 Å². The molecule has 0 aliphatic carbocycles. The fourth-order valence-electron chi connectivity index (χ4n) is 2.53. The minimum atomic E-state index is -0.0547. The molecule has 2 rings (SSSR count). The van der Waals surface area contributed by atoms with Gasteiger partial charge in [0.15, 0.2) is 0 Å². The van der Waals surface area contributed by atoms with Crippen LogP contribution in [0.15, 0.2) is 24.3 Å². The van der Waals surface area contributed by atoms with Gasteiger partial charge in [-0.05, 0) is 38.2 Å². The summed E-state index contributed by atoms with van der Waals surface area (Å²) in [4.78, 5) is 25.6. The van der Waals surface area contributed by atoms with E-state index in [-0.39, 0.29) is 18.4 Å². The smallest absolute Gasteiger partial charge is 0.241 e. The Morgan fingerprint density at radius 1 is 1.10 bits per heavy atom. The molecule has 0 saturated carbocycles. The molecule has 1 aliphatic heterocycles. The monoisotopic (exact) mass is 288 g/mol. The van der Waals surface area contributed by atoms with E-state index < -0.39 is 0 Å². The maximum Gasteiger partial charge on any atom is 0.241 e. The number of rotatable bonds is 5. The molecular formula is C17H24N2O2. The van der Waals surface area contributed by atoms with Gasteiger partial charge in [0, 0.05) is 19.5 Å². The van der Waals surface area contributed by atoms with E-state index in [2.05, 4.69) is 5.32 Å². The lowest BCUT2D eigenvalue weighted by atomic mass is 10.1. The van der Waals surface area contributed by atoms with Gasteiger partial charge in [-0.1, -0.05) is 29.8 Å². The van der Waals surface area contributed by atoms with Crippen LogP contribution in [0.3, 0.4) is 0 Å². The molecule has 4 heteroatoms. The number of hydrogen-bond donors (Lipinski definition) is 1. The molecule has 0 atom stereocenters. The largest absolute Gasteiger partial charge is 0.347 e. The van der Waals surface area contributed by atoms with E-state index in [0.29, 0.717) is 12.8 Å². The molecule has 1 saturated heterocycles. The van der Waals surface area contributed by atoms with Crippen molar-refractivity contribution in [2.24, 2.45) is 0 Å². The van der Waals surface area contributed by atoms with Crippen molar-refractivity contribution in [3.05, 3.63) is 35.4 Å². The second-order valence-electron chi connectivity index (χ2n) is 5.70. The number of nitrogens with one attached hydrogen (secondary N) is 1. The summed E-state index contributed by atoms with van der Waals surface area (Å²) in [7, 11) is 0. The number of nitrogens with zero attached hydrogens (tertiary/aromatic N) is 1. The summed E-state index contributed by atoms with van der Waals surface area (Å²) in [5.74, 6) is -0.0145. The van der Waals surface area contributed by atoms with Crippen molar-refractivity contribution in [1.82, 2.24) is 10.2 Å². The summed E-state index contributed by atoms with van der Waals surface area (Å²) in [6.07, 6.45) is 4.49. The second-order valence-corrected chi connectivity index (χ2v) is 5.70. The third-order valence-electron chi connectivity index (χ3n) is 3.91.